The van der Waals surface area contributed by atoms with E-state index in [1.54, 1.807) is 26.2 Å². The second-order valence-electron chi connectivity index (χ2n) is 6.55. The van der Waals surface area contributed by atoms with Crippen molar-refractivity contribution in [2.24, 2.45) is 0 Å². The summed E-state index contributed by atoms with van der Waals surface area (Å²) in [6, 6.07) is 11.1. The van der Waals surface area contributed by atoms with Crippen molar-refractivity contribution in [1.82, 2.24) is 4.90 Å². The van der Waals surface area contributed by atoms with Crippen molar-refractivity contribution in [3.63, 3.8) is 0 Å². The van der Waals surface area contributed by atoms with Gasteiger partial charge < -0.3 is 15.5 Å². The van der Waals surface area contributed by atoms with Crippen LogP contribution < -0.4 is 10.6 Å². The van der Waals surface area contributed by atoms with Gasteiger partial charge in [-0.25, -0.2) is 0 Å². The van der Waals surface area contributed by atoms with Gasteiger partial charge in [-0.15, -0.1) is 0 Å². The molecule has 1 aliphatic rings. The lowest BCUT2D eigenvalue weighted by atomic mass is 9.97. The maximum absolute atomic E-state index is 12.8. The summed E-state index contributed by atoms with van der Waals surface area (Å²) in [6.45, 7) is 2.85. The Morgan fingerprint density at radius 1 is 1.16 bits per heavy atom. The fourth-order valence-electron chi connectivity index (χ4n) is 3.06. The van der Waals surface area contributed by atoms with E-state index in [2.05, 4.69) is 10.6 Å². The monoisotopic (exact) mass is 337 g/mol. The lowest BCUT2D eigenvalue weighted by Crippen LogP contribution is -2.22. The first-order valence-electron chi connectivity index (χ1n) is 8.47. The molecule has 5 nitrogen and oxygen atoms in total. The molecule has 2 aromatic carbocycles. The van der Waals surface area contributed by atoms with E-state index < -0.39 is 0 Å². The van der Waals surface area contributed by atoms with E-state index in [-0.39, 0.29) is 11.8 Å². The fourth-order valence-corrected chi connectivity index (χ4v) is 3.06. The van der Waals surface area contributed by atoms with Crippen LogP contribution in [0.2, 0.25) is 0 Å². The van der Waals surface area contributed by atoms with Crippen molar-refractivity contribution < 1.29 is 9.59 Å². The Morgan fingerprint density at radius 3 is 2.72 bits per heavy atom. The van der Waals surface area contributed by atoms with Crippen LogP contribution in [0.25, 0.3) is 0 Å². The predicted molar refractivity (Wildman–Crippen MR) is 100 cm³/mol. The van der Waals surface area contributed by atoms with Gasteiger partial charge in [-0.1, -0.05) is 12.1 Å². The first kappa shape index (κ1) is 17.0. The molecule has 5 heteroatoms. The first-order valence-corrected chi connectivity index (χ1v) is 8.47. The number of carbonyl (C=O) groups excluding carboxylic acids is 2. The molecule has 1 heterocycles. The zero-order valence-corrected chi connectivity index (χ0v) is 14.8. The van der Waals surface area contributed by atoms with Crippen LogP contribution in [0.1, 0.15) is 38.3 Å². The summed E-state index contributed by atoms with van der Waals surface area (Å²) >= 11 is 0. The van der Waals surface area contributed by atoms with Gasteiger partial charge >= 0.3 is 0 Å². The molecule has 0 spiro atoms. The van der Waals surface area contributed by atoms with Gasteiger partial charge in [-0.2, -0.15) is 0 Å². The molecule has 2 amide bonds. The van der Waals surface area contributed by atoms with Crippen molar-refractivity contribution >= 4 is 23.2 Å². The van der Waals surface area contributed by atoms with Crippen LogP contribution in [0.4, 0.5) is 11.4 Å². The first-order chi connectivity index (χ1) is 12.0. The highest BCUT2D eigenvalue weighted by Crippen LogP contribution is 2.26. The van der Waals surface area contributed by atoms with Crippen molar-refractivity contribution in [3.8, 4) is 0 Å². The number of fused-ring (bicyclic) bond motifs is 1. The Labute approximate surface area is 148 Å². The quantitative estimate of drug-likeness (QED) is 0.903. The maximum atomic E-state index is 12.8. The summed E-state index contributed by atoms with van der Waals surface area (Å²) in [5, 5.41) is 6.31. The summed E-state index contributed by atoms with van der Waals surface area (Å²) < 4.78 is 0. The lowest BCUT2D eigenvalue weighted by molar-refractivity contribution is 0.0827. The lowest BCUT2D eigenvalue weighted by Gasteiger charge is -2.21. The van der Waals surface area contributed by atoms with Gasteiger partial charge in [-0.05, 0) is 55.2 Å². The van der Waals surface area contributed by atoms with Crippen molar-refractivity contribution in [3.05, 3.63) is 58.7 Å². The second-order valence-corrected chi connectivity index (χ2v) is 6.55. The minimum atomic E-state index is -0.141. The highest BCUT2D eigenvalue weighted by molar-refractivity contribution is 6.07. The molecule has 0 unspecified atom stereocenters. The number of nitrogens with one attached hydrogen (secondary N) is 2. The average molecular weight is 337 g/mol. The van der Waals surface area contributed by atoms with Gasteiger partial charge in [-0.3, -0.25) is 9.59 Å². The molecule has 0 atom stereocenters. The van der Waals surface area contributed by atoms with E-state index in [9.17, 15) is 9.59 Å². The number of hydrogen-bond acceptors (Lipinski definition) is 3. The van der Waals surface area contributed by atoms with E-state index in [0.29, 0.717) is 16.8 Å². The molecule has 0 saturated carbocycles. The van der Waals surface area contributed by atoms with E-state index in [1.165, 1.54) is 4.90 Å². The molecule has 25 heavy (non-hydrogen) atoms. The van der Waals surface area contributed by atoms with Gasteiger partial charge in [0.25, 0.3) is 11.8 Å². The summed E-state index contributed by atoms with van der Waals surface area (Å²) in [5.74, 6) is -0.227. The third kappa shape index (κ3) is 3.50. The molecule has 2 aromatic rings. The molecule has 0 fully saturated rings. The predicted octanol–water partition coefficient (Wildman–Crippen LogP) is 3.31. The molecule has 0 aromatic heterocycles. The Hall–Kier alpha value is -2.82. The van der Waals surface area contributed by atoms with E-state index in [0.717, 1.165) is 36.2 Å². The van der Waals surface area contributed by atoms with Crippen LogP contribution in [0.3, 0.4) is 0 Å². The maximum Gasteiger partial charge on any atom is 0.256 e. The van der Waals surface area contributed by atoms with Gasteiger partial charge in [0.2, 0.25) is 0 Å². The number of nitrogens with zero attached hydrogens (tertiary/aromatic N) is 1. The van der Waals surface area contributed by atoms with Crippen molar-refractivity contribution in [2.45, 2.75) is 19.8 Å². The van der Waals surface area contributed by atoms with E-state index >= 15 is 0 Å². The topological polar surface area (TPSA) is 61.4 Å². The zero-order chi connectivity index (χ0) is 18.0. The van der Waals surface area contributed by atoms with Crippen LogP contribution in [0, 0.1) is 6.92 Å². The number of benzene rings is 2. The second kappa shape index (κ2) is 6.97. The molecule has 0 aliphatic carbocycles. The molecule has 0 saturated heterocycles. The Bertz CT molecular complexity index is 828. The Morgan fingerprint density at radius 2 is 1.96 bits per heavy atom. The standard InChI is InChI=1S/C20H23N3O2/c1-13-9-10-14(20(25)23(2)3)12-18(13)22-19(24)16-6-4-8-17-15(16)7-5-11-21-17/h4,6,8-10,12,21H,5,7,11H2,1-3H3,(H,22,24). The third-order valence-corrected chi connectivity index (χ3v) is 4.48. The molecule has 2 N–H and O–H groups in total. The highest BCUT2D eigenvalue weighted by atomic mass is 16.2. The van der Waals surface area contributed by atoms with Gasteiger partial charge in [0.05, 0.1) is 0 Å². The van der Waals surface area contributed by atoms with Gasteiger partial charge in [0.1, 0.15) is 0 Å². The minimum Gasteiger partial charge on any atom is -0.385 e. The average Bonchev–Trinajstić information content (AvgIpc) is 2.62. The van der Waals surface area contributed by atoms with Crippen LogP contribution in [-0.4, -0.2) is 37.4 Å². The number of rotatable bonds is 3. The summed E-state index contributed by atoms with van der Waals surface area (Å²) in [7, 11) is 3.42. The SMILES string of the molecule is Cc1ccc(C(=O)N(C)C)cc1NC(=O)c1cccc2c1CCCN2. The molecule has 0 bridgehead atoms. The Kier molecular flexibility index (Phi) is 4.74. The summed E-state index contributed by atoms with van der Waals surface area (Å²) in [5.41, 5.74) is 4.93. The smallest absolute Gasteiger partial charge is 0.256 e. The van der Waals surface area contributed by atoms with Crippen LogP contribution in [0.15, 0.2) is 36.4 Å². The fraction of sp³-hybridized carbons (Fsp3) is 0.300. The highest BCUT2D eigenvalue weighted by Gasteiger charge is 2.18. The molecule has 130 valence electrons. The van der Waals surface area contributed by atoms with Crippen LogP contribution in [0.5, 0.6) is 0 Å². The minimum absolute atomic E-state index is 0.0863. The molecule has 1 aliphatic heterocycles. The number of anilines is 2. The normalized spacial score (nSPS) is 12.8. The van der Waals surface area contributed by atoms with Crippen LogP contribution >= 0.6 is 0 Å². The van der Waals surface area contributed by atoms with Crippen molar-refractivity contribution in [2.75, 3.05) is 31.3 Å². The summed E-state index contributed by atoms with van der Waals surface area (Å²) in [4.78, 5) is 26.5. The largest absolute Gasteiger partial charge is 0.385 e. The van der Waals surface area contributed by atoms with E-state index in [4.69, 9.17) is 0 Å². The number of aryl methyl sites for hydroxylation is 1. The zero-order valence-electron chi connectivity index (χ0n) is 14.8. The number of amides is 2. The third-order valence-electron chi connectivity index (χ3n) is 4.48. The number of carbonyl (C=O) groups is 2. The Balaban J connectivity index is 1.89. The molecular weight excluding hydrogens is 314 g/mol. The molecular formula is C20H23N3O2. The van der Waals surface area contributed by atoms with Gasteiger partial charge in [0.15, 0.2) is 0 Å². The van der Waals surface area contributed by atoms with Crippen LogP contribution in [-0.2, 0) is 6.42 Å². The van der Waals surface area contributed by atoms with E-state index in [1.807, 2.05) is 31.2 Å². The van der Waals surface area contributed by atoms with Crippen molar-refractivity contribution in [1.29, 1.82) is 0 Å². The molecule has 0 radical (unpaired) electrons. The summed E-state index contributed by atoms with van der Waals surface area (Å²) in [6.07, 6.45) is 1.91. The molecule has 3 rings (SSSR count). The van der Waals surface area contributed by atoms with Gasteiger partial charge in [0, 0.05) is 43.1 Å². The number of hydrogen-bond donors (Lipinski definition) is 2.